The highest BCUT2D eigenvalue weighted by Crippen LogP contribution is 2.37. The number of aliphatic hydroxyl groups is 1. The molecular formula is C19H22F9N5O2. The average molecular weight is 523 g/mol. The highest BCUT2D eigenvalue weighted by molar-refractivity contribution is 5.77. The Morgan fingerprint density at radius 2 is 1.69 bits per heavy atom. The number of carbonyl (C=O) groups is 1. The van der Waals surface area contributed by atoms with Crippen LogP contribution in [0.25, 0.3) is 0 Å². The molecule has 2 aliphatic rings. The van der Waals surface area contributed by atoms with Gasteiger partial charge in [-0.15, -0.1) is 0 Å². The molecule has 1 aromatic heterocycles. The van der Waals surface area contributed by atoms with E-state index in [2.05, 4.69) is 9.97 Å². The van der Waals surface area contributed by atoms with E-state index < -0.39 is 84.9 Å². The third-order valence-electron chi connectivity index (χ3n) is 5.97. The standard InChI is InChI=1S/C19H22F9N5O2/c20-17(21,22)9-1-2-13(34)33(6-9)7-10(29)5-14(35)32-4-3-11-12(8-32)30-16(19(26,27)28)31-15(11)18(23,24)25/h9-10,14,35H,1-8,29H2/t9?,10-,14?/m0/s1. The number of likely N-dealkylation sites (tertiary alicyclic amines) is 1. The van der Waals surface area contributed by atoms with E-state index in [1.807, 2.05) is 0 Å². The van der Waals surface area contributed by atoms with Crippen molar-refractivity contribution in [1.82, 2.24) is 19.8 Å². The molecule has 3 atom stereocenters. The molecule has 3 rings (SSSR count). The molecule has 198 valence electrons. The van der Waals surface area contributed by atoms with Crippen LogP contribution in [0, 0.1) is 5.92 Å². The Kier molecular flexibility index (Phi) is 7.58. The van der Waals surface area contributed by atoms with Gasteiger partial charge in [-0.2, -0.15) is 39.5 Å². The minimum Gasteiger partial charge on any atom is -0.378 e. The maximum Gasteiger partial charge on any atom is 0.451 e. The van der Waals surface area contributed by atoms with Gasteiger partial charge in [0.15, 0.2) is 5.69 Å². The quantitative estimate of drug-likeness (QED) is 0.577. The molecule has 7 nitrogen and oxygen atoms in total. The summed E-state index contributed by atoms with van der Waals surface area (Å²) in [4.78, 5) is 20.0. The van der Waals surface area contributed by atoms with Crippen molar-refractivity contribution in [2.24, 2.45) is 11.7 Å². The van der Waals surface area contributed by atoms with E-state index in [-0.39, 0.29) is 32.4 Å². The molecule has 3 heterocycles. The largest absolute Gasteiger partial charge is 0.451 e. The van der Waals surface area contributed by atoms with E-state index in [4.69, 9.17) is 5.73 Å². The van der Waals surface area contributed by atoms with E-state index in [1.54, 1.807) is 0 Å². The van der Waals surface area contributed by atoms with E-state index in [0.717, 1.165) is 9.80 Å². The first-order valence-electron chi connectivity index (χ1n) is 10.5. The summed E-state index contributed by atoms with van der Waals surface area (Å²) < 4.78 is 118. The number of hydrogen-bond acceptors (Lipinski definition) is 6. The van der Waals surface area contributed by atoms with Crippen molar-refractivity contribution in [1.29, 1.82) is 0 Å². The van der Waals surface area contributed by atoms with Crippen LogP contribution in [-0.4, -0.2) is 68.9 Å². The van der Waals surface area contributed by atoms with E-state index in [9.17, 15) is 49.4 Å². The maximum absolute atomic E-state index is 13.3. The molecule has 0 spiro atoms. The van der Waals surface area contributed by atoms with Gasteiger partial charge < -0.3 is 15.7 Å². The summed E-state index contributed by atoms with van der Waals surface area (Å²) in [5, 5.41) is 10.5. The van der Waals surface area contributed by atoms with Crippen LogP contribution in [0.5, 0.6) is 0 Å². The zero-order valence-corrected chi connectivity index (χ0v) is 18.0. The number of rotatable bonds is 5. The predicted octanol–water partition coefficient (Wildman–Crippen LogP) is 2.71. The van der Waals surface area contributed by atoms with Crippen molar-refractivity contribution < 1.29 is 49.4 Å². The molecule has 0 saturated carbocycles. The smallest absolute Gasteiger partial charge is 0.378 e. The van der Waals surface area contributed by atoms with E-state index in [1.165, 1.54) is 0 Å². The molecule has 1 aromatic rings. The number of halogens is 9. The number of nitrogens with two attached hydrogens (primary N) is 1. The zero-order chi connectivity index (χ0) is 26.3. The first-order chi connectivity index (χ1) is 16.0. The molecule has 0 aromatic carbocycles. The van der Waals surface area contributed by atoms with Crippen molar-refractivity contribution in [3.63, 3.8) is 0 Å². The number of nitrogens with zero attached hydrogens (tertiary/aromatic N) is 4. The summed E-state index contributed by atoms with van der Waals surface area (Å²) in [5.41, 5.74) is 3.16. The first-order valence-corrected chi connectivity index (χ1v) is 10.5. The summed E-state index contributed by atoms with van der Waals surface area (Å²) in [6, 6.07) is -0.996. The van der Waals surface area contributed by atoms with Gasteiger partial charge in [-0.3, -0.25) is 9.69 Å². The molecule has 16 heteroatoms. The van der Waals surface area contributed by atoms with Gasteiger partial charge in [0.1, 0.15) is 6.23 Å². The lowest BCUT2D eigenvalue weighted by Crippen LogP contribution is -2.51. The van der Waals surface area contributed by atoms with Crippen LogP contribution in [0.15, 0.2) is 0 Å². The second-order valence-corrected chi connectivity index (χ2v) is 8.59. The number of hydrogen-bond donors (Lipinski definition) is 2. The van der Waals surface area contributed by atoms with Gasteiger partial charge in [-0.25, -0.2) is 9.97 Å². The fourth-order valence-electron chi connectivity index (χ4n) is 4.20. The van der Waals surface area contributed by atoms with Gasteiger partial charge in [0.2, 0.25) is 11.7 Å². The molecule has 2 unspecified atom stereocenters. The number of carbonyl (C=O) groups excluding carboxylic acids is 1. The van der Waals surface area contributed by atoms with E-state index >= 15 is 0 Å². The number of aliphatic hydroxyl groups excluding tert-OH is 1. The second kappa shape index (κ2) is 9.69. The molecule has 1 saturated heterocycles. The lowest BCUT2D eigenvalue weighted by Gasteiger charge is -2.37. The number of amides is 1. The Labute approximate surface area is 193 Å². The summed E-state index contributed by atoms with van der Waals surface area (Å²) in [7, 11) is 0. The van der Waals surface area contributed by atoms with Crippen LogP contribution in [0.3, 0.4) is 0 Å². The van der Waals surface area contributed by atoms with Crippen molar-refractivity contribution >= 4 is 5.91 Å². The van der Waals surface area contributed by atoms with Gasteiger partial charge in [0, 0.05) is 50.6 Å². The monoisotopic (exact) mass is 523 g/mol. The molecule has 0 aliphatic carbocycles. The molecule has 1 amide bonds. The predicted molar refractivity (Wildman–Crippen MR) is 100 cm³/mol. The van der Waals surface area contributed by atoms with Gasteiger partial charge >= 0.3 is 18.5 Å². The summed E-state index contributed by atoms with van der Waals surface area (Å²) in [5.74, 6) is -4.20. The molecule has 3 N–H and O–H groups in total. The van der Waals surface area contributed by atoms with Crippen molar-refractivity contribution in [3.8, 4) is 0 Å². The Morgan fingerprint density at radius 1 is 1.03 bits per heavy atom. The third kappa shape index (κ3) is 6.52. The normalized spacial score (nSPS) is 22.2. The van der Waals surface area contributed by atoms with Crippen LogP contribution < -0.4 is 5.73 Å². The summed E-state index contributed by atoms with van der Waals surface area (Å²) >= 11 is 0. The summed E-state index contributed by atoms with van der Waals surface area (Å²) in [6.07, 6.45) is -17.7. The molecule has 0 bridgehead atoms. The van der Waals surface area contributed by atoms with Crippen molar-refractivity contribution in [2.75, 3.05) is 19.6 Å². The fourth-order valence-corrected chi connectivity index (χ4v) is 4.20. The van der Waals surface area contributed by atoms with Crippen LogP contribution in [0.4, 0.5) is 39.5 Å². The number of fused-ring (bicyclic) bond motifs is 1. The summed E-state index contributed by atoms with van der Waals surface area (Å²) in [6.45, 7) is -1.62. The molecule has 2 aliphatic heterocycles. The third-order valence-corrected chi connectivity index (χ3v) is 5.97. The number of alkyl halides is 9. The minimum absolute atomic E-state index is 0.183. The SMILES string of the molecule is N[C@@H](CC(O)N1CCc2c(nc(C(F)(F)F)nc2C(F)(F)F)C1)CN1CC(C(F)(F)F)CCC1=O. The van der Waals surface area contributed by atoms with Gasteiger partial charge in [-0.05, 0) is 12.8 Å². The lowest BCUT2D eigenvalue weighted by atomic mass is 9.96. The van der Waals surface area contributed by atoms with Gasteiger partial charge in [-0.1, -0.05) is 0 Å². The fraction of sp³-hybridized carbons (Fsp3) is 0.737. The molecule has 1 fully saturated rings. The highest BCUT2D eigenvalue weighted by Gasteiger charge is 2.45. The second-order valence-electron chi connectivity index (χ2n) is 8.59. The number of aromatic nitrogens is 2. The highest BCUT2D eigenvalue weighted by atomic mass is 19.4. The first kappa shape index (κ1) is 27.4. The molecule has 35 heavy (non-hydrogen) atoms. The van der Waals surface area contributed by atoms with Crippen LogP contribution >= 0.6 is 0 Å². The van der Waals surface area contributed by atoms with E-state index in [0.29, 0.717) is 0 Å². The topological polar surface area (TPSA) is 95.6 Å². The van der Waals surface area contributed by atoms with Gasteiger partial charge in [0.25, 0.3) is 0 Å². The van der Waals surface area contributed by atoms with Crippen LogP contribution in [0.1, 0.15) is 42.0 Å². The minimum atomic E-state index is -5.23. The maximum atomic E-state index is 13.3. The van der Waals surface area contributed by atoms with Crippen LogP contribution in [-0.2, 0) is 30.1 Å². The van der Waals surface area contributed by atoms with Gasteiger partial charge in [0.05, 0.1) is 11.6 Å². The Hall–Kier alpha value is -2.20. The zero-order valence-electron chi connectivity index (χ0n) is 18.0. The van der Waals surface area contributed by atoms with Crippen LogP contribution in [0.2, 0.25) is 0 Å². The average Bonchev–Trinajstić information content (AvgIpc) is 2.71. The Balaban J connectivity index is 1.69. The lowest BCUT2D eigenvalue weighted by molar-refractivity contribution is -0.189. The van der Waals surface area contributed by atoms with Crippen molar-refractivity contribution in [3.05, 3.63) is 22.8 Å². The molecule has 0 radical (unpaired) electrons. The number of piperidine rings is 1. The Morgan fingerprint density at radius 3 is 2.26 bits per heavy atom. The Bertz CT molecular complexity index is 935. The van der Waals surface area contributed by atoms with Crippen molar-refractivity contribution in [2.45, 2.75) is 63.0 Å². The molecular weight excluding hydrogens is 501 g/mol.